The second-order valence-corrected chi connectivity index (χ2v) is 9.81. The molecule has 4 rings (SSSR count). The highest BCUT2D eigenvalue weighted by Crippen LogP contribution is 2.36. The Morgan fingerprint density at radius 1 is 0.970 bits per heavy atom. The number of para-hydroxylation sites is 2. The van der Waals surface area contributed by atoms with Crippen molar-refractivity contribution in [3.63, 3.8) is 0 Å². The van der Waals surface area contributed by atoms with Crippen LogP contribution in [0, 0.1) is 0 Å². The van der Waals surface area contributed by atoms with E-state index in [9.17, 15) is 13.2 Å². The van der Waals surface area contributed by atoms with Crippen molar-refractivity contribution in [1.29, 1.82) is 0 Å². The smallest absolute Gasteiger partial charge is 0.264 e. The zero-order chi connectivity index (χ0) is 23.4. The molecule has 33 heavy (non-hydrogen) atoms. The normalized spacial score (nSPS) is 15.5. The number of anilines is 1. The molecule has 0 bridgehead atoms. The summed E-state index contributed by atoms with van der Waals surface area (Å²) in [5.41, 5.74) is 3.87. The maximum atomic E-state index is 13.4. The molecule has 3 aromatic rings. The number of ether oxygens (including phenoxy) is 1. The second kappa shape index (κ2) is 9.67. The Morgan fingerprint density at radius 3 is 2.42 bits per heavy atom. The van der Waals surface area contributed by atoms with Gasteiger partial charge in [-0.3, -0.25) is 9.10 Å². The highest BCUT2D eigenvalue weighted by molar-refractivity contribution is 7.92. The number of aryl methyl sites for hydroxylation is 2. The third kappa shape index (κ3) is 4.73. The molecule has 0 unspecified atom stereocenters. The third-order valence-electron chi connectivity index (χ3n) is 5.87. The number of hydrogen-bond acceptors (Lipinski definition) is 4. The summed E-state index contributed by atoms with van der Waals surface area (Å²) in [4.78, 5) is 13.3. The Balaban J connectivity index is 1.58. The number of hydrogen-bond donors (Lipinski definition) is 1. The Labute approximate surface area is 195 Å². The molecule has 0 aliphatic carbocycles. The van der Waals surface area contributed by atoms with E-state index in [1.165, 1.54) is 15.4 Å². The van der Waals surface area contributed by atoms with Gasteiger partial charge in [0.1, 0.15) is 5.75 Å². The number of sulfonamides is 1. The van der Waals surface area contributed by atoms with Gasteiger partial charge in [0.2, 0.25) is 0 Å². The van der Waals surface area contributed by atoms with Crippen LogP contribution >= 0.6 is 0 Å². The lowest BCUT2D eigenvalue weighted by Gasteiger charge is -2.34. The van der Waals surface area contributed by atoms with E-state index in [4.69, 9.17) is 4.74 Å². The van der Waals surface area contributed by atoms with Crippen molar-refractivity contribution in [1.82, 2.24) is 5.32 Å². The highest BCUT2D eigenvalue weighted by Gasteiger charge is 2.37. The van der Waals surface area contributed by atoms with Crippen LogP contribution in [-0.2, 0) is 34.2 Å². The topological polar surface area (TPSA) is 75.7 Å². The summed E-state index contributed by atoms with van der Waals surface area (Å²) >= 11 is 0. The highest BCUT2D eigenvalue weighted by atomic mass is 32.2. The molecule has 172 valence electrons. The summed E-state index contributed by atoms with van der Waals surface area (Å²) in [7, 11) is -3.86. The largest absolute Gasteiger partial charge is 0.476 e. The van der Waals surface area contributed by atoms with Crippen molar-refractivity contribution in [3.05, 3.63) is 89.5 Å². The van der Waals surface area contributed by atoms with E-state index in [2.05, 4.69) is 37.4 Å². The number of fused-ring (bicyclic) bond motifs is 1. The van der Waals surface area contributed by atoms with Gasteiger partial charge in [-0.25, -0.2) is 8.42 Å². The molecule has 3 aromatic carbocycles. The first-order chi connectivity index (χ1) is 15.9. The van der Waals surface area contributed by atoms with Crippen LogP contribution in [0.4, 0.5) is 5.69 Å². The van der Waals surface area contributed by atoms with Crippen molar-refractivity contribution >= 4 is 21.6 Å². The molecule has 1 aliphatic heterocycles. The maximum Gasteiger partial charge on any atom is 0.264 e. The van der Waals surface area contributed by atoms with Gasteiger partial charge in [-0.2, -0.15) is 0 Å². The molecule has 0 saturated heterocycles. The standard InChI is InChI=1S/C26H28N2O4S/c1-3-19-14-15-20(4-2)21(16-19)17-27-26(29)25-18-28(23-12-8-9-13-24(23)32-25)33(30,31)22-10-6-5-7-11-22/h5-16,25H,3-4,17-18H2,1-2H3,(H,27,29)/t25-/m1/s1. The van der Waals surface area contributed by atoms with E-state index in [1.54, 1.807) is 54.6 Å². The first-order valence-electron chi connectivity index (χ1n) is 11.2. The number of nitrogens with one attached hydrogen (secondary N) is 1. The fourth-order valence-electron chi connectivity index (χ4n) is 3.99. The average molecular weight is 465 g/mol. The predicted molar refractivity (Wildman–Crippen MR) is 129 cm³/mol. The van der Waals surface area contributed by atoms with E-state index >= 15 is 0 Å². The monoisotopic (exact) mass is 464 g/mol. The molecule has 1 atom stereocenters. The molecule has 0 fully saturated rings. The van der Waals surface area contributed by atoms with Crippen molar-refractivity contribution in [2.24, 2.45) is 0 Å². The van der Waals surface area contributed by atoms with Gasteiger partial charge in [0.25, 0.3) is 15.9 Å². The predicted octanol–water partition coefficient (Wildman–Crippen LogP) is 4.08. The number of carbonyl (C=O) groups is 1. The van der Waals surface area contributed by atoms with Crippen molar-refractivity contribution in [3.8, 4) is 5.75 Å². The minimum atomic E-state index is -3.86. The van der Waals surface area contributed by atoms with Crippen LogP contribution in [0.2, 0.25) is 0 Å². The van der Waals surface area contributed by atoms with Gasteiger partial charge in [0.05, 0.1) is 17.1 Å². The SMILES string of the molecule is CCc1ccc(CC)c(CNC(=O)[C@H]2CN(S(=O)(=O)c3ccccc3)c3ccccc3O2)c1. The van der Waals surface area contributed by atoms with Gasteiger partial charge < -0.3 is 10.1 Å². The molecule has 0 aromatic heterocycles. The Kier molecular flexibility index (Phi) is 6.70. The molecule has 0 spiro atoms. The van der Waals surface area contributed by atoms with Crippen LogP contribution in [0.3, 0.4) is 0 Å². The molecular weight excluding hydrogens is 436 g/mol. The van der Waals surface area contributed by atoms with Crippen molar-refractivity contribution in [2.45, 2.75) is 44.2 Å². The van der Waals surface area contributed by atoms with E-state index in [0.717, 1.165) is 18.4 Å². The lowest BCUT2D eigenvalue weighted by atomic mass is 10.0. The number of benzene rings is 3. The van der Waals surface area contributed by atoms with E-state index in [1.807, 2.05) is 0 Å². The number of amides is 1. The van der Waals surface area contributed by atoms with Gasteiger partial charge >= 0.3 is 0 Å². The Bertz CT molecular complexity index is 1240. The first kappa shape index (κ1) is 22.9. The summed E-state index contributed by atoms with van der Waals surface area (Å²) < 4.78 is 34.0. The molecule has 1 heterocycles. The van der Waals surface area contributed by atoms with Gasteiger partial charge in [0.15, 0.2) is 6.10 Å². The fourth-order valence-corrected chi connectivity index (χ4v) is 5.49. The van der Waals surface area contributed by atoms with Crippen LogP contribution in [0.15, 0.2) is 77.7 Å². The van der Waals surface area contributed by atoms with Crippen molar-refractivity contribution in [2.75, 3.05) is 10.8 Å². The fraction of sp³-hybridized carbons (Fsp3) is 0.269. The average Bonchev–Trinajstić information content (AvgIpc) is 2.86. The summed E-state index contributed by atoms with van der Waals surface area (Å²) in [6.45, 7) is 4.44. The summed E-state index contributed by atoms with van der Waals surface area (Å²) in [5, 5.41) is 2.95. The molecule has 1 aliphatic rings. The number of carbonyl (C=O) groups excluding carboxylic acids is 1. The van der Waals surface area contributed by atoms with Gasteiger partial charge in [-0.05, 0) is 53.8 Å². The lowest BCUT2D eigenvalue weighted by Crippen LogP contribution is -2.50. The van der Waals surface area contributed by atoms with Crippen LogP contribution in [0.25, 0.3) is 0 Å². The first-order valence-corrected chi connectivity index (χ1v) is 12.6. The summed E-state index contributed by atoms with van der Waals surface area (Å²) in [5.74, 6) is 0.0207. The minimum absolute atomic E-state index is 0.101. The molecule has 1 N–H and O–H groups in total. The third-order valence-corrected chi connectivity index (χ3v) is 7.67. The molecule has 0 radical (unpaired) electrons. The quantitative estimate of drug-likeness (QED) is 0.572. The molecule has 0 saturated carbocycles. The van der Waals surface area contributed by atoms with Crippen LogP contribution in [0.5, 0.6) is 5.75 Å². The Morgan fingerprint density at radius 2 is 1.70 bits per heavy atom. The van der Waals surface area contributed by atoms with E-state index in [-0.39, 0.29) is 17.3 Å². The molecule has 7 heteroatoms. The number of nitrogens with zero attached hydrogens (tertiary/aromatic N) is 1. The van der Waals surface area contributed by atoms with Gasteiger partial charge in [0, 0.05) is 6.54 Å². The van der Waals surface area contributed by atoms with Crippen LogP contribution < -0.4 is 14.4 Å². The van der Waals surface area contributed by atoms with Crippen LogP contribution in [0.1, 0.15) is 30.5 Å². The van der Waals surface area contributed by atoms with Crippen molar-refractivity contribution < 1.29 is 17.9 Å². The van der Waals surface area contributed by atoms with Gasteiger partial charge in [-0.15, -0.1) is 0 Å². The van der Waals surface area contributed by atoms with E-state index in [0.29, 0.717) is 18.0 Å². The van der Waals surface area contributed by atoms with E-state index < -0.39 is 16.1 Å². The molecule has 1 amide bonds. The van der Waals surface area contributed by atoms with Crippen LogP contribution in [-0.4, -0.2) is 27.0 Å². The zero-order valence-electron chi connectivity index (χ0n) is 18.8. The zero-order valence-corrected chi connectivity index (χ0v) is 19.6. The second-order valence-electron chi connectivity index (χ2n) is 7.95. The summed E-state index contributed by atoms with van der Waals surface area (Å²) in [6, 6.07) is 21.4. The number of rotatable bonds is 7. The minimum Gasteiger partial charge on any atom is -0.476 e. The Hall–Kier alpha value is -3.32. The molecular formula is C26H28N2O4S. The molecule has 6 nitrogen and oxygen atoms in total. The summed E-state index contributed by atoms with van der Waals surface area (Å²) in [6.07, 6.45) is 0.823. The lowest BCUT2D eigenvalue weighted by molar-refractivity contribution is -0.127. The van der Waals surface area contributed by atoms with Gasteiger partial charge in [-0.1, -0.05) is 62.4 Å². The maximum absolute atomic E-state index is 13.4.